The fourth-order valence-corrected chi connectivity index (χ4v) is 2.84. The maximum Gasteiger partial charge on any atom is 0.229 e. The molecule has 1 aliphatic rings. The van der Waals surface area contributed by atoms with Crippen LogP contribution in [0.25, 0.3) is 0 Å². The minimum Gasteiger partial charge on any atom is -0.327 e. The number of anilines is 1. The van der Waals surface area contributed by atoms with Crippen LogP contribution in [0.1, 0.15) is 32.1 Å². The molecule has 0 heterocycles. The first-order valence-corrected chi connectivity index (χ1v) is 7.38. The van der Waals surface area contributed by atoms with E-state index in [1.807, 2.05) is 0 Å². The Morgan fingerprint density at radius 3 is 2.84 bits per heavy atom. The number of hydrogen-bond acceptors (Lipinski definition) is 2. The first-order chi connectivity index (χ1) is 9.08. The average molecular weight is 329 g/mol. The standard InChI is InChI=1S/C14H18BrFN2O/c15-9-6-7-11(16)13(8-9)18-14(19)10-4-2-1-3-5-12(10)17/h6-8,10,12H,1-5,17H2,(H,18,19). The van der Waals surface area contributed by atoms with E-state index < -0.39 is 5.82 Å². The maximum atomic E-state index is 13.6. The van der Waals surface area contributed by atoms with Gasteiger partial charge in [-0.15, -0.1) is 0 Å². The summed E-state index contributed by atoms with van der Waals surface area (Å²) in [6.45, 7) is 0. The van der Waals surface area contributed by atoms with Crippen molar-refractivity contribution in [3.63, 3.8) is 0 Å². The minimum atomic E-state index is -0.432. The summed E-state index contributed by atoms with van der Waals surface area (Å²) in [4.78, 5) is 12.2. The third kappa shape index (κ3) is 3.76. The smallest absolute Gasteiger partial charge is 0.229 e. The van der Waals surface area contributed by atoms with E-state index in [2.05, 4.69) is 21.2 Å². The largest absolute Gasteiger partial charge is 0.327 e. The van der Waals surface area contributed by atoms with E-state index in [0.717, 1.165) is 36.6 Å². The van der Waals surface area contributed by atoms with Gasteiger partial charge in [0.1, 0.15) is 5.82 Å². The molecule has 0 spiro atoms. The monoisotopic (exact) mass is 328 g/mol. The molecule has 1 aromatic carbocycles. The van der Waals surface area contributed by atoms with Crippen molar-refractivity contribution >= 4 is 27.5 Å². The molecule has 0 saturated heterocycles. The zero-order chi connectivity index (χ0) is 13.8. The Kier molecular flexibility index (Phi) is 4.93. The molecule has 1 aromatic rings. The van der Waals surface area contributed by atoms with E-state index in [1.165, 1.54) is 6.07 Å². The highest BCUT2D eigenvalue weighted by molar-refractivity contribution is 9.10. The second-order valence-corrected chi connectivity index (χ2v) is 5.94. The molecule has 1 amide bonds. The lowest BCUT2D eigenvalue weighted by Crippen LogP contribution is -2.37. The van der Waals surface area contributed by atoms with Crippen LogP contribution in [0.15, 0.2) is 22.7 Å². The molecular formula is C14H18BrFN2O. The molecule has 1 aliphatic carbocycles. The number of nitrogens with two attached hydrogens (primary N) is 1. The highest BCUT2D eigenvalue weighted by Gasteiger charge is 2.27. The Hall–Kier alpha value is -0.940. The maximum absolute atomic E-state index is 13.6. The van der Waals surface area contributed by atoms with Gasteiger partial charge in [0.2, 0.25) is 5.91 Å². The fourth-order valence-electron chi connectivity index (χ4n) is 2.48. The number of rotatable bonds is 2. The molecule has 1 fully saturated rings. The number of carbonyl (C=O) groups excluding carboxylic acids is 1. The lowest BCUT2D eigenvalue weighted by atomic mass is 9.94. The number of amides is 1. The van der Waals surface area contributed by atoms with Crippen LogP contribution in [0.2, 0.25) is 0 Å². The summed E-state index contributed by atoms with van der Waals surface area (Å²) in [6, 6.07) is 4.36. The topological polar surface area (TPSA) is 55.1 Å². The third-order valence-electron chi connectivity index (χ3n) is 3.59. The van der Waals surface area contributed by atoms with Crippen LogP contribution in [0.4, 0.5) is 10.1 Å². The number of halogens is 2. The predicted octanol–water partition coefficient (Wildman–Crippen LogP) is 3.43. The van der Waals surface area contributed by atoms with Gasteiger partial charge in [-0.3, -0.25) is 4.79 Å². The minimum absolute atomic E-state index is 0.127. The molecule has 3 nitrogen and oxygen atoms in total. The summed E-state index contributed by atoms with van der Waals surface area (Å²) in [7, 11) is 0. The van der Waals surface area contributed by atoms with Crippen molar-refractivity contribution in [1.29, 1.82) is 0 Å². The summed E-state index contributed by atoms with van der Waals surface area (Å²) in [5.41, 5.74) is 6.24. The predicted molar refractivity (Wildman–Crippen MR) is 77.3 cm³/mol. The molecule has 104 valence electrons. The van der Waals surface area contributed by atoms with Crippen LogP contribution in [0.3, 0.4) is 0 Å². The molecule has 19 heavy (non-hydrogen) atoms. The molecule has 0 aliphatic heterocycles. The van der Waals surface area contributed by atoms with E-state index >= 15 is 0 Å². The van der Waals surface area contributed by atoms with E-state index in [-0.39, 0.29) is 23.6 Å². The molecule has 2 atom stereocenters. The molecular weight excluding hydrogens is 311 g/mol. The second-order valence-electron chi connectivity index (χ2n) is 5.02. The first-order valence-electron chi connectivity index (χ1n) is 6.59. The SMILES string of the molecule is NC1CCCCCC1C(=O)Nc1cc(Br)ccc1F. The molecule has 2 rings (SSSR count). The van der Waals surface area contributed by atoms with Crippen molar-refractivity contribution in [1.82, 2.24) is 0 Å². The first kappa shape index (κ1) is 14.5. The van der Waals surface area contributed by atoms with Gasteiger partial charge in [0, 0.05) is 10.5 Å². The Bertz CT molecular complexity index is 467. The Balaban J connectivity index is 2.09. The van der Waals surface area contributed by atoms with E-state index in [9.17, 15) is 9.18 Å². The van der Waals surface area contributed by atoms with Crippen molar-refractivity contribution in [2.75, 3.05) is 5.32 Å². The van der Waals surface area contributed by atoms with Gasteiger partial charge < -0.3 is 11.1 Å². The van der Waals surface area contributed by atoms with Crippen LogP contribution in [-0.2, 0) is 4.79 Å². The Morgan fingerprint density at radius 2 is 2.05 bits per heavy atom. The van der Waals surface area contributed by atoms with Crippen molar-refractivity contribution in [3.8, 4) is 0 Å². The van der Waals surface area contributed by atoms with E-state index in [1.54, 1.807) is 12.1 Å². The summed E-state index contributed by atoms with van der Waals surface area (Å²) in [6.07, 6.45) is 4.83. The van der Waals surface area contributed by atoms with Gasteiger partial charge in [0.15, 0.2) is 0 Å². The van der Waals surface area contributed by atoms with Crippen molar-refractivity contribution in [2.45, 2.75) is 38.1 Å². The fraction of sp³-hybridized carbons (Fsp3) is 0.500. The average Bonchev–Trinajstić information content (AvgIpc) is 2.58. The molecule has 1 saturated carbocycles. The zero-order valence-corrected chi connectivity index (χ0v) is 12.2. The lowest BCUT2D eigenvalue weighted by molar-refractivity contribution is -0.120. The van der Waals surface area contributed by atoms with Gasteiger partial charge in [0.25, 0.3) is 0 Å². The quantitative estimate of drug-likeness (QED) is 0.817. The van der Waals surface area contributed by atoms with Crippen LogP contribution in [-0.4, -0.2) is 11.9 Å². The molecule has 3 N–H and O–H groups in total. The van der Waals surface area contributed by atoms with Crippen LogP contribution < -0.4 is 11.1 Å². The van der Waals surface area contributed by atoms with Crippen molar-refractivity contribution in [2.24, 2.45) is 11.7 Å². The number of carbonyl (C=O) groups is 1. The molecule has 0 radical (unpaired) electrons. The molecule has 2 unspecified atom stereocenters. The summed E-state index contributed by atoms with van der Waals surface area (Å²) in [5, 5.41) is 2.66. The van der Waals surface area contributed by atoms with E-state index in [0.29, 0.717) is 0 Å². The Morgan fingerprint density at radius 1 is 1.32 bits per heavy atom. The van der Waals surface area contributed by atoms with Gasteiger partial charge in [-0.2, -0.15) is 0 Å². The zero-order valence-electron chi connectivity index (χ0n) is 10.7. The van der Waals surface area contributed by atoms with Gasteiger partial charge in [0.05, 0.1) is 11.6 Å². The van der Waals surface area contributed by atoms with Crippen molar-refractivity contribution < 1.29 is 9.18 Å². The van der Waals surface area contributed by atoms with Gasteiger partial charge in [-0.1, -0.05) is 35.2 Å². The molecule has 0 aromatic heterocycles. The van der Waals surface area contributed by atoms with Gasteiger partial charge >= 0.3 is 0 Å². The molecule has 0 bridgehead atoms. The van der Waals surface area contributed by atoms with Crippen molar-refractivity contribution in [3.05, 3.63) is 28.5 Å². The number of benzene rings is 1. The highest BCUT2D eigenvalue weighted by Crippen LogP contribution is 2.25. The van der Waals surface area contributed by atoms with E-state index in [4.69, 9.17) is 5.73 Å². The summed E-state index contributed by atoms with van der Waals surface area (Å²) in [5.74, 6) is -0.828. The summed E-state index contributed by atoms with van der Waals surface area (Å²) >= 11 is 3.26. The number of nitrogens with one attached hydrogen (secondary N) is 1. The van der Waals surface area contributed by atoms with Crippen LogP contribution >= 0.6 is 15.9 Å². The van der Waals surface area contributed by atoms with Gasteiger partial charge in [-0.05, 0) is 31.0 Å². The van der Waals surface area contributed by atoms with Crippen LogP contribution in [0.5, 0.6) is 0 Å². The molecule has 5 heteroatoms. The van der Waals surface area contributed by atoms with Crippen LogP contribution in [0, 0.1) is 11.7 Å². The lowest BCUT2D eigenvalue weighted by Gasteiger charge is -2.20. The Labute approximate surface area is 120 Å². The van der Waals surface area contributed by atoms with Gasteiger partial charge in [-0.25, -0.2) is 4.39 Å². The highest BCUT2D eigenvalue weighted by atomic mass is 79.9. The second kappa shape index (κ2) is 6.48. The summed E-state index contributed by atoms with van der Waals surface area (Å²) < 4.78 is 14.3. The number of hydrogen-bond donors (Lipinski definition) is 2. The normalized spacial score (nSPS) is 23.7. The third-order valence-corrected chi connectivity index (χ3v) is 4.09.